The molecule has 1 aromatic heterocycles. The smallest absolute Gasteiger partial charge is 0.330 e. The van der Waals surface area contributed by atoms with Gasteiger partial charge < -0.3 is 14.9 Å². The van der Waals surface area contributed by atoms with E-state index in [1.54, 1.807) is 19.1 Å². The molecule has 0 amide bonds. The second-order valence-corrected chi connectivity index (χ2v) is 4.07. The number of aromatic amines is 1. The van der Waals surface area contributed by atoms with E-state index in [-0.39, 0.29) is 13.3 Å². The van der Waals surface area contributed by atoms with Crippen LogP contribution >= 0.6 is 0 Å². The Morgan fingerprint density at radius 1 is 1.53 bits per heavy atom. The molecule has 3 N–H and O–H groups in total. The van der Waals surface area contributed by atoms with E-state index in [0.717, 1.165) is 4.57 Å². The normalized spacial score (nSPS) is 14.7. The van der Waals surface area contributed by atoms with Crippen LogP contribution in [-0.4, -0.2) is 38.6 Å². The number of aliphatic hydroxyl groups is 2. The highest BCUT2D eigenvalue weighted by Crippen LogP contribution is 2.00. The molecule has 0 aromatic carbocycles. The summed E-state index contributed by atoms with van der Waals surface area (Å²) in [7, 11) is 0. The van der Waals surface area contributed by atoms with Gasteiger partial charge in [0.2, 0.25) is 0 Å². The van der Waals surface area contributed by atoms with Gasteiger partial charge in [0.25, 0.3) is 5.56 Å². The predicted molar refractivity (Wildman–Crippen MR) is 69.7 cm³/mol. The van der Waals surface area contributed by atoms with Crippen LogP contribution in [0.15, 0.2) is 21.9 Å². The topological polar surface area (TPSA) is 105 Å². The molecule has 2 unspecified atom stereocenters. The first-order chi connectivity index (χ1) is 8.99. The summed E-state index contributed by atoms with van der Waals surface area (Å²) in [4.78, 5) is 25.1. The Morgan fingerprint density at radius 3 is 2.74 bits per heavy atom. The highest BCUT2D eigenvalue weighted by molar-refractivity contribution is 5.45. The minimum atomic E-state index is -0.863. The van der Waals surface area contributed by atoms with Crippen molar-refractivity contribution in [3.63, 3.8) is 0 Å². The van der Waals surface area contributed by atoms with E-state index in [1.165, 1.54) is 13.1 Å². The fourth-order valence-corrected chi connectivity index (χ4v) is 1.44. The van der Waals surface area contributed by atoms with Crippen LogP contribution in [0.3, 0.4) is 0 Å². The first kappa shape index (κ1) is 15.4. The van der Waals surface area contributed by atoms with E-state index >= 15 is 0 Å². The summed E-state index contributed by atoms with van der Waals surface area (Å²) in [5.41, 5.74) is -0.766. The summed E-state index contributed by atoms with van der Waals surface area (Å²) in [5, 5.41) is 18.3. The van der Waals surface area contributed by atoms with Crippen molar-refractivity contribution in [2.75, 3.05) is 6.61 Å². The van der Waals surface area contributed by atoms with E-state index < -0.39 is 23.5 Å². The Morgan fingerprint density at radius 2 is 2.21 bits per heavy atom. The second-order valence-electron chi connectivity index (χ2n) is 4.07. The first-order valence-corrected chi connectivity index (χ1v) is 5.86. The van der Waals surface area contributed by atoms with Gasteiger partial charge in [-0.2, -0.15) is 0 Å². The number of aliphatic hydroxyl groups excluding tert-OH is 2. The van der Waals surface area contributed by atoms with Gasteiger partial charge in [-0.1, -0.05) is 12.2 Å². The lowest BCUT2D eigenvalue weighted by Gasteiger charge is -2.18. The molecule has 0 aliphatic rings. The van der Waals surface area contributed by atoms with Crippen LogP contribution in [0.4, 0.5) is 0 Å². The predicted octanol–water partition coefficient (Wildman–Crippen LogP) is -0.714. The van der Waals surface area contributed by atoms with Gasteiger partial charge in [-0.15, -0.1) is 0 Å². The molecule has 0 fully saturated rings. The second kappa shape index (κ2) is 7.03. The molecule has 0 saturated carbocycles. The van der Waals surface area contributed by atoms with E-state index in [2.05, 4.69) is 4.98 Å². The summed E-state index contributed by atoms with van der Waals surface area (Å²) in [6.07, 6.45) is 2.94. The Hall–Kier alpha value is -1.70. The average Bonchev–Trinajstić information content (AvgIpc) is 2.34. The van der Waals surface area contributed by atoms with Gasteiger partial charge in [-0.05, 0) is 13.8 Å². The maximum atomic E-state index is 11.5. The van der Waals surface area contributed by atoms with Crippen molar-refractivity contribution in [2.24, 2.45) is 0 Å². The largest absolute Gasteiger partial charge is 0.394 e. The van der Waals surface area contributed by atoms with Crippen LogP contribution < -0.4 is 11.2 Å². The molecule has 0 aliphatic heterocycles. The molecule has 7 nitrogen and oxygen atoms in total. The summed E-state index contributed by atoms with van der Waals surface area (Å²) in [6.45, 7) is 2.69. The van der Waals surface area contributed by atoms with Gasteiger partial charge in [-0.3, -0.25) is 14.3 Å². The van der Waals surface area contributed by atoms with Gasteiger partial charge in [0.15, 0.2) is 0 Å². The van der Waals surface area contributed by atoms with Crippen molar-refractivity contribution in [3.8, 4) is 0 Å². The fourth-order valence-electron chi connectivity index (χ4n) is 1.44. The lowest BCUT2D eigenvalue weighted by molar-refractivity contribution is -0.0824. The number of nitrogens with zero attached hydrogens (tertiary/aromatic N) is 1. The lowest BCUT2D eigenvalue weighted by Crippen LogP contribution is -2.35. The molecule has 2 atom stereocenters. The standard InChI is InChI=1S/C12H18N2O5/c1-3-4-9-5-14(12(18)13-11(9)17)7-19-10(6-15)8(2)16/h3-5,8,10,15-16H,6-7H2,1-2H3,(H,13,17,18)/b4-3+. The van der Waals surface area contributed by atoms with Gasteiger partial charge in [0.05, 0.1) is 18.3 Å². The number of hydrogen-bond donors (Lipinski definition) is 3. The van der Waals surface area contributed by atoms with E-state index in [9.17, 15) is 14.7 Å². The third-order valence-corrected chi connectivity index (χ3v) is 2.53. The summed E-state index contributed by atoms with van der Waals surface area (Å²) in [6, 6.07) is 0. The molecule has 106 valence electrons. The van der Waals surface area contributed by atoms with E-state index in [4.69, 9.17) is 9.84 Å². The molecule has 0 aliphatic carbocycles. The maximum Gasteiger partial charge on any atom is 0.330 e. The molecule has 7 heteroatoms. The lowest BCUT2D eigenvalue weighted by atomic mass is 10.2. The van der Waals surface area contributed by atoms with Crippen molar-refractivity contribution in [3.05, 3.63) is 38.7 Å². The van der Waals surface area contributed by atoms with Crippen LogP contribution in [0.1, 0.15) is 19.4 Å². The zero-order valence-electron chi connectivity index (χ0n) is 10.9. The first-order valence-electron chi connectivity index (χ1n) is 5.86. The summed E-state index contributed by atoms with van der Waals surface area (Å²) < 4.78 is 6.36. The van der Waals surface area contributed by atoms with Crippen molar-refractivity contribution in [2.45, 2.75) is 32.8 Å². The number of allylic oxidation sites excluding steroid dienone is 1. The molecule has 19 heavy (non-hydrogen) atoms. The van der Waals surface area contributed by atoms with Crippen LogP contribution in [0.2, 0.25) is 0 Å². The SMILES string of the molecule is C/C=C/c1cn(COC(CO)C(C)O)c(=O)[nH]c1=O. The number of nitrogens with one attached hydrogen (secondary N) is 1. The number of ether oxygens (including phenoxy) is 1. The zero-order valence-corrected chi connectivity index (χ0v) is 10.9. The van der Waals surface area contributed by atoms with Crippen molar-refractivity contribution in [1.82, 2.24) is 9.55 Å². The van der Waals surface area contributed by atoms with E-state index in [0.29, 0.717) is 5.56 Å². The molecule has 0 radical (unpaired) electrons. The van der Waals surface area contributed by atoms with Crippen LogP contribution in [0.5, 0.6) is 0 Å². The van der Waals surface area contributed by atoms with E-state index in [1.807, 2.05) is 0 Å². The monoisotopic (exact) mass is 270 g/mol. The average molecular weight is 270 g/mol. The van der Waals surface area contributed by atoms with Gasteiger partial charge in [0.1, 0.15) is 12.8 Å². The molecule has 0 bridgehead atoms. The third kappa shape index (κ3) is 4.16. The van der Waals surface area contributed by atoms with Gasteiger partial charge >= 0.3 is 5.69 Å². The summed E-state index contributed by atoms with van der Waals surface area (Å²) in [5.74, 6) is 0. The molecular formula is C12H18N2O5. The number of hydrogen-bond acceptors (Lipinski definition) is 5. The highest BCUT2D eigenvalue weighted by Gasteiger charge is 2.14. The van der Waals surface area contributed by atoms with Gasteiger partial charge in [0, 0.05) is 6.20 Å². The van der Waals surface area contributed by atoms with Crippen LogP contribution in [0.25, 0.3) is 6.08 Å². The molecule has 0 saturated heterocycles. The Kier molecular flexibility index (Phi) is 5.68. The number of rotatable bonds is 6. The zero-order chi connectivity index (χ0) is 14.4. The maximum absolute atomic E-state index is 11.5. The van der Waals surface area contributed by atoms with Crippen LogP contribution in [-0.2, 0) is 11.5 Å². The Balaban J connectivity index is 2.92. The van der Waals surface area contributed by atoms with Crippen molar-refractivity contribution < 1.29 is 14.9 Å². The molecule has 1 rings (SSSR count). The Bertz CT molecular complexity index is 544. The minimum absolute atomic E-state index is 0.170. The van der Waals surface area contributed by atoms with Gasteiger partial charge in [-0.25, -0.2) is 4.79 Å². The number of H-pyrrole nitrogens is 1. The highest BCUT2D eigenvalue weighted by atomic mass is 16.5. The third-order valence-electron chi connectivity index (χ3n) is 2.53. The molecule has 1 aromatic rings. The quantitative estimate of drug-likeness (QED) is 0.633. The van der Waals surface area contributed by atoms with Crippen molar-refractivity contribution in [1.29, 1.82) is 0 Å². The Labute approximate surface area is 109 Å². The number of aromatic nitrogens is 2. The molecule has 1 heterocycles. The summed E-state index contributed by atoms with van der Waals surface area (Å²) >= 11 is 0. The molecular weight excluding hydrogens is 252 g/mol. The van der Waals surface area contributed by atoms with Crippen LogP contribution in [0, 0.1) is 0 Å². The fraction of sp³-hybridized carbons (Fsp3) is 0.500. The molecule has 0 spiro atoms. The minimum Gasteiger partial charge on any atom is -0.394 e. The van der Waals surface area contributed by atoms with Crippen molar-refractivity contribution >= 4 is 6.08 Å².